The number of pyridine rings is 1. The monoisotopic (exact) mass is 500 g/mol. The average molecular weight is 501 g/mol. The Kier molecular flexibility index (Phi) is 7.94. The molecule has 6 N–H and O–H groups in total. The fourth-order valence-electron chi connectivity index (χ4n) is 3.56. The van der Waals surface area contributed by atoms with Gasteiger partial charge in [0.05, 0.1) is 12.3 Å². The highest BCUT2D eigenvalue weighted by molar-refractivity contribution is 6.05. The molecular weight excluding hydrogens is 472 g/mol. The molecule has 2 heterocycles. The van der Waals surface area contributed by atoms with Crippen LogP contribution in [0.2, 0.25) is 0 Å². The standard InChI is InChI=1S/C26H28N8O3/c1-2-34-24(35)12-3-17-16-30-26(33-25(17)34)32-19-6-10-21(11-7-19)37-14-13-36-20-8-4-18(5-9-20)31-23(29)15-22(27)28/h3-12,16H,2,13-15H2,1H3,(H3,27,28)(H2,29,31)(H,30,32,33). The van der Waals surface area contributed by atoms with Gasteiger partial charge in [-0.1, -0.05) is 0 Å². The van der Waals surface area contributed by atoms with Crippen molar-refractivity contribution in [1.82, 2.24) is 14.5 Å². The minimum Gasteiger partial charge on any atom is -0.490 e. The molecule has 0 unspecified atom stereocenters. The zero-order valence-corrected chi connectivity index (χ0v) is 20.3. The maximum absolute atomic E-state index is 12.1. The number of nitrogens with one attached hydrogen (secondary N) is 4. The summed E-state index contributed by atoms with van der Waals surface area (Å²) in [6, 6.07) is 17.8. The van der Waals surface area contributed by atoms with Gasteiger partial charge in [0.2, 0.25) is 5.95 Å². The summed E-state index contributed by atoms with van der Waals surface area (Å²) >= 11 is 0. The van der Waals surface area contributed by atoms with E-state index in [-0.39, 0.29) is 23.7 Å². The second kappa shape index (κ2) is 11.7. The van der Waals surface area contributed by atoms with Gasteiger partial charge in [0.15, 0.2) is 0 Å². The van der Waals surface area contributed by atoms with Crippen LogP contribution >= 0.6 is 0 Å². The van der Waals surface area contributed by atoms with E-state index < -0.39 is 0 Å². The van der Waals surface area contributed by atoms with Gasteiger partial charge in [0.1, 0.15) is 36.2 Å². The average Bonchev–Trinajstić information content (AvgIpc) is 2.88. The maximum Gasteiger partial charge on any atom is 0.252 e. The molecule has 0 aliphatic carbocycles. The number of rotatable bonds is 11. The Morgan fingerprint density at radius 3 is 2.16 bits per heavy atom. The van der Waals surface area contributed by atoms with Gasteiger partial charge in [0, 0.05) is 35.6 Å². The van der Waals surface area contributed by atoms with Crippen molar-refractivity contribution < 1.29 is 9.47 Å². The van der Waals surface area contributed by atoms with Gasteiger partial charge in [-0.2, -0.15) is 4.98 Å². The third-order valence-corrected chi connectivity index (χ3v) is 5.29. The lowest BCUT2D eigenvalue weighted by atomic mass is 10.3. The van der Waals surface area contributed by atoms with Crippen molar-refractivity contribution in [2.45, 2.75) is 19.9 Å². The van der Waals surface area contributed by atoms with Gasteiger partial charge < -0.3 is 25.8 Å². The van der Waals surface area contributed by atoms with Crippen LogP contribution in [0, 0.1) is 10.8 Å². The number of nitrogens with zero attached hydrogens (tertiary/aromatic N) is 3. The number of hydrogen-bond acceptors (Lipinski definition) is 8. The molecule has 4 rings (SSSR count). The van der Waals surface area contributed by atoms with Crippen molar-refractivity contribution in [2.24, 2.45) is 5.73 Å². The lowest BCUT2D eigenvalue weighted by Crippen LogP contribution is -2.20. The molecule has 0 fully saturated rings. The largest absolute Gasteiger partial charge is 0.490 e. The number of benzene rings is 2. The Labute approximate surface area is 213 Å². The number of amidine groups is 2. The van der Waals surface area contributed by atoms with Crippen molar-refractivity contribution in [3.05, 3.63) is 77.2 Å². The fourth-order valence-corrected chi connectivity index (χ4v) is 3.56. The number of ether oxygens (including phenoxy) is 2. The first-order valence-electron chi connectivity index (χ1n) is 11.7. The summed E-state index contributed by atoms with van der Waals surface area (Å²) in [6.45, 7) is 3.15. The van der Waals surface area contributed by atoms with Crippen LogP contribution in [-0.2, 0) is 6.54 Å². The lowest BCUT2D eigenvalue weighted by molar-refractivity contribution is 0.217. The topological polar surface area (TPSA) is 164 Å². The first-order chi connectivity index (χ1) is 17.9. The van der Waals surface area contributed by atoms with E-state index in [1.807, 2.05) is 31.2 Å². The van der Waals surface area contributed by atoms with E-state index >= 15 is 0 Å². The van der Waals surface area contributed by atoms with E-state index in [1.165, 1.54) is 6.07 Å². The molecule has 0 radical (unpaired) electrons. The highest BCUT2D eigenvalue weighted by atomic mass is 16.5. The van der Waals surface area contributed by atoms with Crippen molar-refractivity contribution in [1.29, 1.82) is 10.8 Å². The van der Waals surface area contributed by atoms with E-state index in [0.717, 1.165) is 16.8 Å². The van der Waals surface area contributed by atoms with E-state index in [0.29, 0.717) is 42.9 Å². The molecule has 11 heteroatoms. The summed E-state index contributed by atoms with van der Waals surface area (Å²) in [5.41, 5.74) is 7.30. The molecule has 11 nitrogen and oxygen atoms in total. The molecule has 0 spiro atoms. The summed E-state index contributed by atoms with van der Waals surface area (Å²) in [4.78, 5) is 20.9. The van der Waals surface area contributed by atoms with Crippen LogP contribution in [0.1, 0.15) is 13.3 Å². The Balaban J connectivity index is 1.25. The highest BCUT2D eigenvalue weighted by Crippen LogP contribution is 2.20. The lowest BCUT2D eigenvalue weighted by Gasteiger charge is -2.11. The molecule has 0 aliphatic heterocycles. The van der Waals surface area contributed by atoms with E-state index in [4.69, 9.17) is 26.0 Å². The van der Waals surface area contributed by atoms with Crippen LogP contribution in [0.3, 0.4) is 0 Å². The van der Waals surface area contributed by atoms with Gasteiger partial charge >= 0.3 is 0 Å². The van der Waals surface area contributed by atoms with E-state index in [2.05, 4.69) is 20.6 Å². The molecule has 190 valence electrons. The van der Waals surface area contributed by atoms with Crippen molar-refractivity contribution >= 4 is 40.0 Å². The maximum atomic E-state index is 12.1. The Morgan fingerprint density at radius 2 is 1.57 bits per heavy atom. The molecule has 4 aromatic rings. The number of anilines is 3. The first-order valence-corrected chi connectivity index (χ1v) is 11.7. The number of aromatic nitrogens is 3. The van der Waals surface area contributed by atoms with Crippen LogP contribution in [0.4, 0.5) is 17.3 Å². The Hall–Kier alpha value is -4.93. The van der Waals surface area contributed by atoms with E-state index in [1.54, 1.807) is 41.1 Å². The fraction of sp³-hybridized carbons (Fsp3) is 0.192. The van der Waals surface area contributed by atoms with Gasteiger partial charge in [-0.25, -0.2) is 4.98 Å². The zero-order valence-electron chi connectivity index (χ0n) is 20.3. The summed E-state index contributed by atoms with van der Waals surface area (Å²) < 4.78 is 13.1. The zero-order chi connectivity index (χ0) is 26.2. The molecular formula is C26H28N8O3. The van der Waals surface area contributed by atoms with Crippen LogP contribution in [0.15, 0.2) is 71.7 Å². The normalized spacial score (nSPS) is 10.6. The molecule has 0 bridgehead atoms. The van der Waals surface area contributed by atoms with Gasteiger partial charge in [-0.05, 0) is 61.5 Å². The molecule has 0 saturated carbocycles. The predicted molar refractivity (Wildman–Crippen MR) is 145 cm³/mol. The third kappa shape index (κ3) is 6.82. The van der Waals surface area contributed by atoms with Crippen molar-refractivity contribution in [3.8, 4) is 11.5 Å². The molecule has 2 aromatic heterocycles. The third-order valence-electron chi connectivity index (χ3n) is 5.29. The first kappa shape index (κ1) is 25.2. The quantitative estimate of drug-likeness (QED) is 0.118. The minimum atomic E-state index is -0.0957. The Bertz CT molecular complexity index is 1450. The molecule has 0 atom stereocenters. The molecule has 0 amide bonds. The molecule has 0 aliphatic rings. The SMILES string of the molecule is CCn1c(=O)ccc2cnc(Nc3ccc(OCCOc4ccc(NC(=N)CC(=N)N)cc4)cc3)nc21. The van der Waals surface area contributed by atoms with Crippen molar-refractivity contribution in [3.63, 3.8) is 0 Å². The smallest absolute Gasteiger partial charge is 0.252 e. The minimum absolute atomic E-state index is 0.0631. The summed E-state index contributed by atoms with van der Waals surface area (Å²) in [6.07, 6.45) is 1.77. The number of aryl methyl sites for hydroxylation is 1. The second-order valence-corrected chi connectivity index (χ2v) is 8.06. The summed E-state index contributed by atoms with van der Waals surface area (Å²) in [5, 5.41) is 21.8. The van der Waals surface area contributed by atoms with Gasteiger partial charge in [-0.3, -0.25) is 20.2 Å². The molecule has 37 heavy (non-hydrogen) atoms. The van der Waals surface area contributed by atoms with Gasteiger partial charge in [0.25, 0.3) is 5.56 Å². The molecule has 2 aromatic carbocycles. The number of hydrogen-bond donors (Lipinski definition) is 5. The number of nitrogens with two attached hydrogens (primary N) is 1. The van der Waals surface area contributed by atoms with E-state index in [9.17, 15) is 4.79 Å². The predicted octanol–water partition coefficient (Wildman–Crippen LogP) is 3.73. The van der Waals surface area contributed by atoms with Crippen LogP contribution < -0.4 is 31.4 Å². The van der Waals surface area contributed by atoms with Crippen molar-refractivity contribution in [2.75, 3.05) is 23.8 Å². The summed E-state index contributed by atoms with van der Waals surface area (Å²) in [5.74, 6) is 1.86. The van der Waals surface area contributed by atoms with Crippen LogP contribution in [0.25, 0.3) is 11.0 Å². The summed E-state index contributed by atoms with van der Waals surface area (Å²) in [7, 11) is 0. The Morgan fingerprint density at radius 1 is 0.946 bits per heavy atom. The van der Waals surface area contributed by atoms with Crippen LogP contribution in [0.5, 0.6) is 11.5 Å². The van der Waals surface area contributed by atoms with Crippen LogP contribution in [-0.4, -0.2) is 39.4 Å². The highest BCUT2D eigenvalue weighted by Gasteiger charge is 2.07. The van der Waals surface area contributed by atoms with Gasteiger partial charge in [-0.15, -0.1) is 0 Å². The molecule has 0 saturated heterocycles. The number of fused-ring (bicyclic) bond motifs is 1. The second-order valence-electron chi connectivity index (χ2n) is 8.06.